The van der Waals surface area contributed by atoms with Crippen LogP contribution in [-0.2, 0) is 4.74 Å². The zero-order valence-electron chi connectivity index (χ0n) is 10.8. The summed E-state index contributed by atoms with van der Waals surface area (Å²) in [4.78, 5) is 17.9. The summed E-state index contributed by atoms with van der Waals surface area (Å²) >= 11 is 0. The molecular weight excluding hydrogens is 248 g/mol. The van der Waals surface area contributed by atoms with Crippen molar-refractivity contribution in [1.82, 2.24) is 15.1 Å². The minimum atomic E-state index is -0.463. The number of aromatic nitrogens is 3. The summed E-state index contributed by atoms with van der Waals surface area (Å²) in [5.41, 5.74) is 6.11. The summed E-state index contributed by atoms with van der Waals surface area (Å²) in [7, 11) is 0. The Labute approximate surface area is 109 Å². The molecule has 0 saturated carbocycles. The minimum absolute atomic E-state index is 0.0860. The van der Waals surface area contributed by atoms with Crippen molar-refractivity contribution < 1.29 is 9.26 Å². The van der Waals surface area contributed by atoms with E-state index in [2.05, 4.69) is 15.1 Å². The number of rotatable bonds is 5. The van der Waals surface area contributed by atoms with Crippen LogP contribution in [0.25, 0.3) is 11.6 Å². The standard InChI is InChI=1S/C12H16N4O3/c1-7(2)18-6-8(13)11-15-12(19-16-11)9-4-3-5-10(17)14-9/h3-5,7-8H,6,13H2,1-2H3,(H,14,17). The number of aromatic amines is 1. The van der Waals surface area contributed by atoms with Crippen LogP contribution in [-0.4, -0.2) is 27.8 Å². The zero-order chi connectivity index (χ0) is 13.8. The van der Waals surface area contributed by atoms with Gasteiger partial charge in [-0.3, -0.25) is 4.79 Å². The second-order valence-electron chi connectivity index (χ2n) is 4.38. The first kappa shape index (κ1) is 13.4. The van der Waals surface area contributed by atoms with E-state index in [9.17, 15) is 4.79 Å². The van der Waals surface area contributed by atoms with Crippen molar-refractivity contribution in [2.75, 3.05) is 6.61 Å². The van der Waals surface area contributed by atoms with Gasteiger partial charge in [0.15, 0.2) is 5.82 Å². The number of pyridine rings is 1. The van der Waals surface area contributed by atoms with Gasteiger partial charge in [0.05, 0.1) is 18.8 Å². The predicted molar refractivity (Wildman–Crippen MR) is 68.4 cm³/mol. The lowest BCUT2D eigenvalue weighted by molar-refractivity contribution is 0.0665. The van der Waals surface area contributed by atoms with Gasteiger partial charge in [0, 0.05) is 6.07 Å². The van der Waals surface area contributed by atoms with E-state index in [-0.39, 0.29) is 17.6 Å². The molecule has 0 amide bonds. The molecule has 1 atom stereocenters. The van der Waals surface area contributed by atoms with Crippen molar-refractivity contribution in [2.45, 2.75) is 26.0 Å². The number of hydrogen-bond acceptors (Lipinski definition) is 6. The summed E-state index contributed by atoms with van der Waals surface area (Å²) in [6, 6.07) is 4.23. The fourth-order valence-corrected chi connectivity index (χ4v) is 1.44. The fourth-order valence-electron chi connectivity index (χ4n) is 1.44. The molecule has 7 nitrogen and oxygen atoms in total. The quantitative estimate of drug-likeness (QED) is 0.829. The van der Waals surface area contributed by atoms with Crippen LogP contribution in [0.2, 0.25) is 0 Å². The van der Waals surface area contributed by atoms with Gasteiger partial charge in [0.25, 0.3) is 5.89 Å². The van der Waals surface area contributed by atoms with Crippen molar-refractivity contribution in [3.63, 3.8) is 0 Å². The molecule has 102 valence electrons. The Hall–Kier alpha value is -1.99. The van der Waals surface area contributed by atoms with E-state index in [1.54, 1.807) is 12.1 Å². The minimum Gasteiger partial charge on any atom is -0.377 e. The number of nitrogens with one attached hydrogen (secondary N) is 1. The summed E-state index contributed by atoms with van der Waals surface area (Å²) in [6.45, 7) is 4.15. The molecule has 0 aromatic carbocycles. The van der Waals surface area contributed by atoms with Crippen LogP contribution in [0, 0.1) is 0 Å². The Kier molecular flexibility index (Phi) is 4.08. The van der Waals surface area contributed by atoms with Gasteiger partial charge in [0.2, 0.25) is 5.56 Å². The maximum absolute atomic E-state index is 11.2. The van der Waals surface area contributed by atoms with Crippen LogP contribution in [0.1, 0.15) is 25.7 Å². The fraction of sp³-hybridized carbons (Fsp3) is 0.417. The van der Waals surface area contributed by atoms with Crippen LogP contribution < -0.4 is 11.3 Å². The second kappa shape index (κ2) is 5.77. The van der Waals surface area contributed by atoms with Gasteiger partial charge in [-0.15, -0.1) is 0 Å². The molecule has 1 unspecified atom stereocenters. The zero-order valence-corrected chi connectivity index (χ0v) is 10.8. The lowest BCUT2D eigenvalue weighted by Crippen LogP contribution is -2.20. The number of nitrogens with two attached hydrogens (primary N) is 1. The Bertz CT molecular complexity index is 590. The van der Waals surface area contributed by atoms with E-state index in [0.717, 1.165) is 0 Å². The Morgan fingerprint density at radius 1 is 1.47 bits per heavy atom. The molecule has 7 heteroatoms. The van der Waals surface area contributed by atoms with Crippen molar-refractivity contribution in [3.05, 3.63) is 34.4 Å². The first-order chi connectivity index (χ1) is 9.06. The molecule has 0 radical (unpaired) electrons. The van der Waals surface area contributed by atoms with Gasteiger partial charge in [-0.1, -0.05) is 11.2 Å². The van der Waals surface area contributed by atoms with Crippen LogP contribution in [0.15, 0.2) is 27.5 Å². The molecule has 0 aliphatic rings. The highest BCUT2D eigenvalue weighted by atomic mass is 16.5. The number of ether oxygens (including phenoxy) is 1. The average Bonchev–Trinajstić information content (AvgIpc) is 2.85. The highest BCUT2D eigenvalue weighted by Crippen LogP contribution is 2.15. The van der Waals surface area contributed by atoms with Gasteiger partial charge in [-0.25, -0.2) is 0 Å². The maximum Gasteiger partial charge on any atom is 0.274 e. The summed E-state index contributed by atoms with van der Waals surface area (Å²) in [6.07, 6.45) is 0.0860. The molecule has 0 aliphatic heterocycles. The molecule has 2 heterocycles. The van der Waals surface area contributed by atoms with Crippen LogP contribution in [0.3, 0.4) is 0 Å². The van der Waals surface area contributed by atoms with Crippen molar-refractivity contribution in [3.8, 4) is 11.6 Å². The molecule has 0 aliphatic carbocycles. The third kappa shape index (κ3) is 3.49. The number of H-pyrrole nitrogens is 1. The molecule has 2 rings (SSSR count). The first-order valence-corrected chi connectivity index (χ1v) is 5.96. The van der Waals surface area contributed by atoms with E-state index < -0.39 is 6.04 Å². The average molecular weight is 264 g/mol. The van der Waals surface area contributed by atoms with E-state index in [0.29, 0.717) is 18.1 Å². The lowest BCUT2D eigenvalue weighted by Gasteiger charge is -2.10. The molecule has 0 fully saturated rings. The third-order valence-electron chi connectivity index (χ3n) is 2.38. The Morgan fingerprint density at radius 3 is 2.95 bits per heavy atom. The van der Waals surface area contributed by atoms with Crippen molar-refractivity contribution >= 4 is 0 Å². The van der Waals surface area contributed by atoms with E-state index in [1.807, 2.05) is 13.8 Å². The predicted octanol–water partition coefficient (Wildman–Crippen LogP) is 0.850. The SMILES string of the molecule is CC(C)OCC(N)c1noc(-c2cccc(=O)[nH]2)n1. The molecule has 19 heavy (non-hydrogen) atoms. The van der Waals surface area contributed by atoms with Gasteiger partial charge in [-0.2, -0.15) is 4.98 Å². The van der Waals surface area contributed by atoms with Crippen molar-refractivity contribution in [1.29, 1.82) is 0 Å². The number of nitrogens with zero attached hydrogens (tertiary/aromatic N) is 2. The van der Waals surface area contributed by atoms with E-state index in [1.165, 1.54) is 6.07 Å². The lowest BCUT2D eigenvalue weighted by atomic mass is 10.3. The summed E-state index contributed by atoms with van der Waals surface area (Å²) < 4.78 is 10.5. The Balaban J connectivity index is 2.12. The smallest absolute Gasteiger partial charge is 0.274 e. The highest BCUT2D eigenvalue weighted by molar-refractivity contribution is 5.45. The molecule has 0 saturated heterocycles. The largest absolute Gasteiger partial charge is 0.377 e. The van der Waals surface area contributed by atoms with Gasteiger partial charge in [-0.05, 0) is 19.9 Å². The van der Waals surface area contributed by atoms with E-state index >= 15 is 0 Å². The third-order valence-corrected chi connectivity index (χ3v) is 2.38. The maximum atomic E-state index is 11.2. The highest BCUT2D eigenvalue weighted by Gasteiger charge is 2.16. The monoisotopic (exact) mass is 264 g/mol. The summed E-state index contributed by atoms with van der Waals surface area (Å²) in [5.74, 6) is 0.577. The van der Waals surface area contributed by atoms with Crippen LogP contribution in [0.5, 0.6) is 0 Å². The molecule has 3 N–H and O–H groups in total. The molecule has 0 spiro atoms. The van der Waals surface area contributed by atoms with E-state index in [4.69, 9.17) is 15.0 Å². The molecule has 2 aromatic rings. The normalized spacial score (nSPS) is 12.8. The Morgan fingerprint density at radius 2 is 2.26 bits per heavy atom. The number of hydrogen-bond donors (Lipinski definition) is 2. The van der Waals surface area contributed by atoms with Gasteiger partial charge >= 0.3 is 0 Å². The van der Waals surface area contributed by atoms with Crippen molar-refractivity contribution in [2.24, 2.45) is 5.73 Å². The van der Waals surface area contributed by atoms with Gasteiger partial charge < -0.3 is 20.0 Å². The topological polar surface area (TPSA) is 107 Å². The first-order valence-electron chi connectivity index (χ1n) is 5.96. The second-order valence-corrected chi connectivity index (χ2v) is 4.38. The van der Waals surface area contributed by atoms with Crippen LogP contribution in [0.4, 0.5) is 0 Å². The molecule has 2 aromatic heterocycles. The summed E-state index contributed by atoms with van der Waals surface area (Å²) in [5, 5.41) is 3.79. The van der Waals surface area contributed by atoms with Crippen LogP contribution >= 0.6 is 0 Å². The van der Waals surface area contributed by atoms with Gasteiger partial charge in [0.1, 0.15) is 5.69 Å². The molecular formula is C12H16N4O3. The molecule has 0 bridgehead atoms.